The summed E-state index contributed by atoms with van der Waals surface area (Å²) in [7, 11) is 0. The molecule has 0 aliphatic carbocycles. The minimum atomic E-state index is 0.608. The minimum Gasteiger partial charge on any atom is -0.332 e. The Balaban J connectivity index is 0.00000103. The zero-order valence-electron chi connectivity index (χ0n) is 17.4. The zero-order valence-corrected chi connectivity index (χ0v) is 18.2. The van der Waals surface area contributed by atoms with Crippen LogP contribution in [0.1, 0.15) is 56.8 Å². The summed E-state index contributed by atoms with van der Waals surface area (Å²) >= 11 is 1.34. The highest BCUT2D eigenvalue weighted by Crippen LogP contribution is 2.31. The van der Waals surface area contributed by atoms with Gasteiger partial charge in [0.25, 0.3) is 0 Å². The normalized spacial score (nSPS) is 8.70. The monoisotopic (exact) mass is 385 g/mol. The van der Waals surface area contributed by atoms with E-state index < -0.39 is 0 Å². The van der Waals surface area contributed by atoms with Gasteiger partial charge in [0.2, 0.25) is 0 Å². The fraction of sp³-hybridized carbons (Fsp3) is 0.318. The highest BCUT2D eigenvalue weighted by molar-refractivity contribution is 7.17. The van der Waals surface area contributed by atoms with Gasteiger partial charge >= 0.3 is 0 Å². The molecule has 5 heteroatoms. The Bertz CT molecular complexity index is 770. The third-order valence-electron chi connectivity index (χ3n) is 2.98. The molecule has 0 aliphatic rings. The molecule has 0 spiro atoms. The number of rotatable bonds is 4. The van der Waals surface area contributed by atoms with Crippen LogP contribution in [-0.2, 0) is 0 Å². The molecule has 0 bridgehead atoms. The molecule has 2 aromatic heterocycles. The molecular weight excluding hydrogens is 354 g/mol. The lowest BCUT2D eigenvalue weighted by molar-refractivity contribution is 0.112. The molecule has 2 heterocycles. The van der Waals surface area contributed by atoms with Crippen LogP contribution in [0.15, 0.2) is 48.8 Å². The van der Waals surface area contributed by atoms with Gasteiger partial charge in [0.05, 0.1) is 10.6 Å². The number of aldehydes is 1. The number of carbonyl (C=O) groups excluding carboxylic acids is 1. The number of hydrogen-bond donors (Lipinski definition) is 1. The van der Waals surface area contributed by atoms with E-state index >= 15 is 0 Å². The second kappa shape index (κ2) is 14.6. The second-order valence-electron chi connectivity index (χ2n) is 4.58. The molecular formula is C22H31N3OS. The Labute approximate surface area is 167 Å². The first-order valence-corrected chi connectivity index (χ1v) is 10.3. The van der Waals surface area contributed by atoms with Crippen LogP contribution >= 0.6 is 11.3 Å². The molecule has 3 aromatic rings. The summed E-state index contributed by atoms with van der Waals surface area (Å²) in [6.07, 6.45) is 4.22. The van der Waals surface area contributed by atoms with Crippen LogP contribution in [0.5, 0.6) is 0 Å². The molecule has 0 amide bonds. The molecule has 3 rings (SSSR count). The van der Waals surface area contributed by atoms with Gasteiger partial charge in [0.15, 0.2) is 11.4 Å². The maximum atomic E-state index is 11.2. The van der Waals surface area contributed by atoms with Crippen LogP contribution in [-0.4, -0.2) is 16.3 Å². The highest BCUT2D eigenvalue weighted by Gasteiger charge is 2.12. The van der Waals surface area contributed by atoms with Gasteiger partial charge in [-0.05, 0) is 36.8 Å². The topological polar surface area (TPSA) is 54.9 Å². The number of hydrogen-bond acceptors (Lipinski definition) is 5. The molecule has 0 saturated heterocycles. The first-order valence-electron chi connectivity index (χ1n) is 9.46. The summed E-state index contributed by atoms with van der Waals surface area (Å²) in [6.45, 7) is 14.0. The lowest BCUT2D eigenvalue weighted by atomic mass is 10.2. The van der Waals surface area contributed by atoms with E-state index in [0.717, 1.165) is 17.5 Å². The number of nitrogens with one attached hydrogen (secondary N) is 1. The Morgan fingerprint density at radius 3 is 2.15 bits per heavy atom. The second-order valence-corrected chi connectivity index (χ2v) is 5.61. The molecule has 0 atom stereocenters. The smallest absolute Gasteiger partial charge is 0.188 e. The summed E-state index contributed by atoms with van der Waals surface area (Å²) in [5, 5.41) is 3.95. The van der Waals surface area contributed by atoms with Gasteiger partial charge in [0.1, 0.15) is 0 Å². The summed E-state index contributed by atoms with van der Waals surface area (Å²) < 4.78 is 0. The van der Waals surface area contributed by atoms with Crippen molar-refractivity contribution in [2.75, 3.05) is 5.32 Å². The third-order valence-corrected chi connectivity index (χ3v) is 3.88. The fourth-order valence-electron chi connectivity index (χ4n) is 2.03. The van der Waals surface area contributed by atoms with Crippen molar-refractivity contribution in [2.24, 2.45) is 0 Å². The quantitative estimate of drug-likeness (QED) is 0.485. The van der Waals surface area contributed by atoms with Gasteiger partial charge < -0.3 is 5.32 Å². The Morgan fingerprint density at radius 2 is 1.59 bits per heavy atom. The Hall–Kier alpha value is -2.53. The number of carbonyl (C=O) groups is 1. The molecule has 0 unspecified atom stereocenters. The van der Waals surface area contributed by atoms with Crippen molar-refractivity contribution in [1.29, 1.82) is 0 Å². The van der Waals surface area contributed by atoms with Crippen molar-refractivity contribution < 1.29 is 4.79 Å². The van der Waals surface area contributed by atoms with E-state index in [1.54, 1.807) is 12.4 Å². The van der Waals surface area contributed by atoms with Crippen molar-refractivity contribution in [3.05, 3.63) is 59.2 Å². The fourth-order valence-corrected chi connectivity index (χ4v) is 2.85. The zero-order chi connectivity index (χ0) is 20.7. The van der Waals surface area contributed by atoms with Crippen molar-refractivity contribution in [3.63, 3.8) is 0 Å². The van der Waals surface area contributed by atoms with E-state index in [0.29, 0.717) is 15.7 Å². The molecule has 1 aromatic carbocycles. The molecule has 0 radical (unpaired) electrons. The van der Waals surface area contributed by atoms with E-state index in [1.807, 2.05) is 84.9 Å². The number of anilines is 2. The van der Waals surface area contributed by atoms with Crippen molar-refractivity contribution in [3.8, 4) is 11.3 Å². The van der Waals surface area contributed by atoms with Crippen LogP contribution in [0.25, 0.3) is 11.3 Å². The van der Waals surface area contributed by atoms with Crippen LogP contribution in [0.2, 0.25) is 0 Å². The maximum absolute atomic E-state index is 11.2. The summed E-state index contributed by atoms with van der Waals surface area (Å²) in [6, 6.07) is 11.7. The average molecular weight is 386 g/mol. The van der Waals surface area contributed by atoms with E-state index in [9.17, 15) is 4.79 Å². The van der Waals surface area contributed by atoms with Gasteiger partial charge in [-0.2, -0.15) is 0 Å². The lowest BCUT2D eigenvalue weighted by Gasteiger charge is -2.02. The largest absolute Gasteiger partial charge is 0.332 e. The van der Waals surface area contributed by atoms with Crippen LogP contribution in [0, 0.1) is 6.92 Å². The lowest BCUT2D eigenvalue weighted by Crippen LogP contribution is -1.90. The van der Waals surface area contributed by atoms with Gasteiger partial charge in [-0.1, -0.05) is 65.0 Å². The Morgan fingerprint density at radius 1 is 0.963 bits per heavy atom. The summed E-state index contributed by atoms with van der Waals surface area (Å²) in [5.41, 5.74) is 3.71. The SMILES string of the molecule is CC.CC.CC.Cc1cccc(Nc2nc(-c3ccncc3)c(C=O)s2)c1. The molecule has 27 heavy (non-hydrogen) atoms. The summed E-state index contributed by atoms with van der Waals surface area (Å²) in [5.74, 6) is 0. The van der Waals surface area contributed by atoms with Crippen LogP contribution in [0.3, 0.4) is 0 Å². The van der Waals surface area contributed by atoms with Crippen LogP contribution in [0.4, 0.5) is 10.8 Å². The number of benzene rings is 1. The van der Waals surface area contributed by atoms with E-state index in [1.165, 1.54) is 16.9 Å². The van der Waals surface area contributed by atoms with Crippen molar-refractivity contribution in [2.45, 2.75) is 48.5 Å². The maximum Gasteiger partial charge on any atom is 0.188 e. The van der Waals surface area contributed by atoms with Gasteiger partial charge in [-0.15, -0.1) is 0 Å². The molecule has 1 N–H and O–H groups in total. The number of thiazole rings is 1. The van der Waals surface area contributed by atoms with Gasteiger partial charge in [-0.25, -0.2) is 4.98 Å². The average Bonchev–Trinajstić information content (AvgIpc) is 3.16. The first-order chi connectivity index (χ1) is 13.3. The van der Waals surface area contributed by atoms with Gasteiger partial charge in [-0.3, -0.25) is 9.78 Å². The minimum absolute atomic E-state index is 0.608. The predicted molar refractivity (Wildman–Crippen MR) is 119 cm³/mol. The van der Waals surface area contributed by atoms with E-state index in [-0.39, 0.29) is 0 Å². The number of pyridine rings is 1. The van der Waals surface area contributed by atoms with Crippen molar-refractivity contribution in [1.82, 2.24) is 9.97 Å². The molecule has 0 aliphatic heterocycles. The molecule has 0 saturated carbocycles. The number of nitrogens with zero attached hydrogens (tertiary/aromatic N) is 2. The summed E-state index contributed by atoms with van der Waals surface area (Å²) in [4.78, 5) is 20.4. The molecule has 4 nitrogen and oxygen atoms in total. The van der Waals surface area contributed by atoms with E-state index in [2.05, 4.69) is 15.3 Å². The Kier molecular flexibility index (Phi) is 13.2. The van der Waals surface area contributed by atoms with Crippen molar-refractivity contribution >= 4 is 28.4 Å². The van der Waals surface area contributed by atoms with Crippen LogP contribution < -0.4 is 5.32 Å². The standard InChI is InChI=1S/C16H13N3OS.3C2H6/c1-11-3-2-4-13(9-11)18-16-19-15(14(10-20)21-16)12-5-7-17-8-6-12;3*1-2/h2-10H,1H3,(H,18,19);3*1-2H3. The molecule has 146 valence electrons. The predicted octanol–water partition coefficient (Wildman–Crippen LogP) is 7.15. The first kappa shape index (κ1) is 24.5. The number of aryl methyl sites for hydroxylation is 1. The number of aromatic nitrogens is 2. The van der Waals surface area contributed by atoms with Gasteiger partial charge in [0, 0.05) is 23.6 Å². The highest BCUT2D eigenvalue weighted by atomic mass is 32.1. The molecule has 0 fully saturated rings. The third kappa shape index (κ3) is 7.71. The van der Waals surface area contributed by atoms with E-state index in [4.69, 9.17) is 0 Å².